The number of barbiturate groups is 1. The van der Waals surface area contributed by atoms with Gasteiger partial charge in [-0.05, 0) is 19.4 Å². The maximum Gasteiger partial charge on any atom is 0.332 e. The number of aliphatic imine (C=N–C) groups is 1. The number of hydrogen-bond donors (Lipinski definition) is 0. The Kier molecular flexibility index (Phi) is 4.40. The standard InChI is InChI=1S/C16H19N3O3/c1-10(12-8-6-5-7-9-12)17-11(2)13-14(20)18(3)16(22)19(4)15(13)21/h5-10,13H,1-4H3/t10-/m0/s1. The predicted molar refractivity (Wildman–Crippen MR) is 82.4 cm³/mol. The fourth-order valence-electron chi connectivity index (χ4n) is 2.45. The molecule has 0 aromatic heterocycles. The first kappa shape index (κ1) is 15.9. The molecule has 1 atom stereocenters. The van der Waals surface area contributed by atoms with E-state index in [2.05, 4.69) is 4.99 Å². The molecule has 4 amide bonds. The molecule has 1 aromatic rings. The van der Waals surface area contributed by atoms with E-state index in [1.807, 2.05) is 37.3 Å². The molecule has 0 spiro atoms. The number of nitrogens with zero attached hydrogens (tertiary/aromatic N) is 3. The summed E-state index contributed by atoms with van der Waals surface area (Å²) in [6.45, 7) is 3.55. The number of hydrogen-bond acceptors (Lipinski definition) is 4. The lowest BCUT2D eigenvalue weighted by atomic mass is 9.98. The van der Waals surface area contributed by atoms with E-state index in [1.54, 1.807) is 6.92 Å². The largest absolute Gasteiger partial charge is 0.332 e. The van der Waals surface area contributed by atoms with E-state index < -0.39 is 23.8 Å². The monoisotopic (exact) mass is 301 g/mol. The van der Waals surface area contributed by atoms with Crippen LogP contribution in [0, 0.1) is 5.92 Å². The third-order valence-electron chi connectivity index (χ3n) is 3.83. The zero-order chi connectivity index (χ0) is 16.4. The van der Waals surface area contributed by atoms with Crippen molar-refractivity contribution in [3.05, 3.63) is 35.9 Å². The van der Waals surface area contributed by atoms with E-state index in [-0.39, 0.29) is 6.04 Å². The lowest BCUT2D eigenvalue weighted by molar-refractivity contribution is -0.144. The van der Waals surface area contributed by atoms with Gasteiger partial charge in [0.05, 0.1) is 6.04 Å². The number of benzene rings is 1. The van der Waals surface area contributed by atoms with Crippen molar-refractivity contribution in [2.24, 2.45) is 10.9 Å². The van der Waals surface area contributed by atoms with Crippen LogP contribution in [-0.2, 0) is 9.59 Å². The van der Waals surface area contributed by atoms with E-state index in [0.29, 0.717) is 5.71 Å². The Hall–Kier alpha value is -2.50. The summed E-state index contributed by atoms with van der Waals surface area (Å²) >= 11 is 0. The Morgan fingerprint density at radius 3 is 2.05 bits per heavy atom. The minimum Gasteiger partial charge on any atom is -0.285 e. The number of carbonyl (C=O) groups excluding carboxylic acids is 3. The molecule has 6 heteroatoms. The summed E-state index contributed by atoms with van der Waals surface area (Å²) < 4.78 is 0. The fourth-order valence-corrected chi connectivity index (χ4v) is 2.45. The maximum absolute atomic E-state index is 12.2. The molecule has 0 bridgehead atoms. The van der Waals surface area contributed by atoms with E-state index in [1.165, 1.54) is 14.1 Å². The molecule has 0 aliphatic carbocycles. The van der Waals surface area contributed by atoms with Gasteiger partial charge in [-0.2, -0.15) is 0 Å². The lowest BCUT2D eigenvalue weighted by Gasteiger charge is -2.33. The minimum absolute atomic E-state index is 0.171. The number of amides is 4. The first-order valence-corrected chi connectivity index (χ1v) is 7.03. The van der Waals surface area contributed by atoms with Crippen LogP contribution in [0.5, 0.6) is 0 Å². The van der Waals surface area contributed by atoms with Gasteiger partial charge in [0, 0.05) is 19.8 Å². The van der Waals surface area contributed by atoms with Crippen molar-refractivity contribution in [3.8, 4) is 0 Å². The van der Waals surface area contributed by atoms with Crippen molar-refractivity contribution in [3.63, 3.8) is 0 Å². The van der Waals surface area contributed by atoms with Crippen molar-refractivity contribution in [2.75, 3.05) is 14.1 Å². The normalized spacial score (nSPS) is 18.9. The third kappa shape index (κ3) is 2.77. The summed E-state index contributed by atoms with van der Waals surface area (Å²) in [6, 6.07) is 8.82. The Morgan fingerprint density at radius 1 is 1.05 bits per heavy atom. The van der Waals surface area contributed by atoms with Crippen molar-refractivity contribution >= 4 is 23.6 Å². The Morgan fingerprint density at radius 2 is 1.55 bits per heavy atom. The number of carbonyl (C=O) groups is 3. The van der Waals surface area contributed by atoms with Crippen molar-refractivity contribution in [1.29, 1.82) is 0 Å². The van der Waals surface area contributed by atoms with Crippen LogP contribution in [0.3, 0.4) is 0 Å². The molecule has 1 heterocycles. The van der Waals surface area contributed by atoms with E-state index >= 15 is 0 Å². The molecule has 0 unspecified atom stereocenters. The molecular weight excluding hydrogens is 282 g/mol. The van der Waals surface area contributed by atoms with Crippen LogP contribution in [0.25, 0.3) is 0 Å². The second-order valence-electron chi connectivity index (χ2n) is 5.37. The van der Waals surface area contributed by atoms with Crippen molar-refractivity contribution < 1.29 is 14.4 Å². The minimum atomic E-state index is -1.03. The quantitative estimate of drug-likeness (QED) is 0.632. The molecule has 0 N–H and O–H groups in total. The summed E-state index contributed by atoms with van der Waals surface area (Å²) in [5.74, 6) is -2.09. The van der Waals surface area contributed by atoms with Crippen LogP contribution in [0.1, 0.15) is 25.5 Å². The molecular formula is C16H19N3O3. The van der Waals surface area contributed by atoms with Crippen molar-refractivity contribution in [2.45, 2.75) is 19.9 Å². The van der Waals surface area contributed by atoms with E-state index in [9.17, 15) is 14.4 Å². The Bertz CT molecular complexity index is 615. The highest BCUT2D eigenvalue weighted by Gasteiger charge is 2.44. The second kappa shape index (κ2) is 6.09. The smallest absolute Gasteiger partial charge is 0.285 e. The number of rotatable bonds is 3. The average molecular weight is 301 g/mol. The summed E-state index contributed by atoms with van der Waals surface area (Å²) in [4.78, 5) is 42.6. The zero-order valence-corrected chi connectivity index (χ0v) is 13.1. The third-order valence-corrected chi connectivity index (χ3v) is 3.83. The van der Waals surface area contributed by atoms with Gasteiger partial charge in [0.1, 0.15) is 0 Å². The second-order valence-corrected chi connectivity index (χ2v) is 5.37. The number of imide groups is 2. The molecule has 1 fully saturated rings. The zero-order valence-electron chi connectivity index (χ0n) is 13.1. The molecule has 116 valence electrons. The first-order valence-electron chi connectivity index (χ1n) is 7.03. The van der Waals surface area contributed by atoms with Crippen LogP contribution >= 0.6 is 0 Å². The van der Waals surface area contributed by atoms with Gasteiger partial charge in [-0.3, -0.25) is 24.4 Å². The summed E-state index contributed by atoms with van der Waals surface area (Å²) in [6.07, 6.45) is 0. The molecule has 6 nitrogen and oxygen atoms in total. The van der Waals surface area contributed by atoms with E-state index in [4.69, 9.17) is 0 Å². The van der Waals surface area contributed by atoms with Gasteiger partial charge in [0.15, 0.2) is 5.92 Å². The Balaban J connectivity index is 2.29. The topological polar surface area (TPSA) is 70.1 Å². The predicted octanol–water partition coefficient (Wildman–Crippen LogP) is 1.88. The molecule has 1 aliphatic heterocycles. The van der Waals surface area contributed by atoms with Crippen LogP contribution in [0.2, 0.25) is 0 Å². The lowest BCUT2D eigenvalue weighted by Crippen LogP contribution is -2.58. The molecule has 1 saturated heterocycles. The highest BCUT2D eigenvalue weighted by atomic mass is 16.2. The summed E-state index contributed by atoms with van der Waals surface area (Å²) in [7, 11) is 2.74. The van der Waals surface area contributed by atoms with Gasteiger partial charge in [0.25, 0.3) is 0 Å². The van der Waals surface area contributed by atoms with Gasteiger partial charge < -0.3 is 0 Å². The van der Waals surface area contributed by atoms with Gasteiger partial charge in [-0.25, -0.2) is 4.79 Å². The van der Waals surface area contributed by atoms with Crippen LogP contribution in [0.15, 0.2) is 35.3 Å². The Labute approximate surface area is 129 Å². The molecule has 0 radical (unpaired) electrons. The van der Waals surface area contributed by atoms with Gasteiger partial charge >= 0.3 is 6.03 Å². The molecule has 1 aromatic carbocycles. The SMILES string of the molecule is CC(=N[C@@H](C)c1ccccc1)C1C(=O)N(C)C(=O)N(C)C1=O. The maximum atomic E-state index is 12.2. The van der Waals surface area contributed by atoms with Crippen LogP contribution in [0.4, 0.5) is 4.79 Å². The van der Waals surface area contributed by atoms with Gasteiger partial charge in [0.2, 0.25) is 11.8 Å². The highest BCUT2D eigenvalue weighted by molar-refractivity contribution is 6.26. The molecule has 22 heavy (non-hydrogen) atoms. The van der Waals surface area contributed by atoms with Gasteiger partial charge in [-0.15, -0.1) is 0 Å². The molecule has 2 rings (SSSR count). The van der Waals surface area contributed by atoms with Crippen LogP contribution < -0.4 is 0 Å². The number of urea groups is 1. The summed E-state index contributed by atoms with van der Waals surface area (Å²) in [5.41, 5.74) is 1.41. The summed E-state index contributed by atoms with van der Waals surface area (Å²) in [5, 5.41) is 0. The van der Waals surface area contributed by atoms with Gasteiger partial charge in [-0.1, -0.05) is 30.3 Å². The van der Waals surface area contributed by atoms with Crippen molar-refractivity contribution in [1.82, 2.24) is 9.80 Å². The first-order chi connectivity index (χ1) is 10.3. The van der Waals surface area contributed by atoms with E-state index in [0.717, 1.165) is 15.4 Å². The molecule has 1 aliphatic rings. The fraction of sp³-hybridized carbons (Fsp3) is 0.375. The highest BCUT2D eigenvalue weighted by Crippen LogP contribution is 2.21. The molecule has 0 saturated carbocycles. The average Bonchev–Trinajstić information content (AvgIpc) is 2.52. The van der Waals surface area contributed by atoms with Crippen LogP contribution in [-0.4, -0.2) is 47.5 Å².